The lowest BCUT2D eigenvalue weighted by Gasteiger charge is -2.12. The maximum Gasteiger partial charge on any atom is 0.433 e. The smallest absolute Gasteiger partial charge is 0.433 e. The van der Waals surface area contributed by atoms with Crippen molar-refractivity contribution in [2.45, 2.75) is 12.8 Å². The Balaban J connectivity index is 1.49. The number of furan rings is 1. The highest BCUT2D eigenvalue weighted by Gasteiger charge is 2.35. The highest BCUT2D eigenvalue weighted by molar-refractivity contribution is 7.21. The first-order valence-corrected chi connectivity index (χ1v) is 12.5. The third-order valence-corrected chi connectivity index (χ3v) is 6.91. The second kappa shape index (κ2) is 10.7. The highest BCUT2D eigenvalue weighted by Crippen LogP contribution is 2.43. The summed E-state index contributed by atoms with van der Waals surface area (Å²) < 4.78 is 57.5. The van der Waals surface area contributed by atoms with E-state index in [2.05, 4.69) is 10.3 Å². The summed E-state index contributed by atoms with van der Waals surface area (Å²) in [5.74, 6) is -0.319. The zero-order valence-electron chi connectivity index (χ0n) is 20.7. The fraction of sp³-hybridized carbons (Fsp3) is 0.107. The molecule has 0 spiro atoms. The van der Waals surface area contributed by atoms with Crippen molar-refractivity contribution in [1.29, 1.82) is 0 Å². The molecule has 2 amide bonds. The van der Waals surface area contributed by atoms with Crippen LogP contribution in [0, 0.1) is 0 Å². The average Bonchev–Trinajstić information content (AvgIpc) is 3.57. The summed E-state index contributed by atoms with van der Waals surface area (Å²) in [5.41, 5.74) is 4.91. The molecule has 8 nitrogen and oxygen atoms in total. The largest absolute Gasteiger partial charge is 0.497 e. The number of methoxy groups -OCH3 is 1. The number of carbonyl (C=O) groups is 2. The van der Waals surface area contributed by atoms with Crippen LogP contribution in [0.1, 0.15) is 31.7 Å². The lowest BCUT2D eigenvalue weighted by molar-refractivity contribution is -0.140. The van der Waals surface area contributed by atoms with E-state index >= 15 is 0 Å². The molecule has 3 aromatic heterocycles. The molecular formula is C28H20F3N3O5S. The number of benzene rings is 2. The van der Waals surface area contributed by atoms with Gasteiger partial charge >= 0.3 is 6.18 Å². The fourth-order valence-electron chi connectivity index (χ4n) is 3.98. The molecule has 204 valence electrons. The molecular weight excluding hydrogens is 547 g/mol. The Bertz CT molecular complexity index is 1710. The number of rotatable bonds is 8. The van der Waals surface area contributed by atoms with Crippen LogP contribution in [0.2, 0.25) is 0 Å². The van der Waals surface area contributed by atoms with Crippen molar-refractivity contribution in [3.63, 3.8) is 0 Å². The Morgan fingerprint density at radius 3 is 2.48 bits per heavy atom. The van der Waals surface area contributed by atoms with Gasteiger partial charge < -0.3 is 24.9 Å². The lowest BCUT2D eigenvalue weighted by Crippen LogP contribution is -2.16. The van der Waals surface area contributed by atoms with Gasteiger partial charge in [-0.3, -0.25) is 9.59 Å². The van der Waals surface area contributed by atoms with Gasteiger partial charge in [-0.15, -0.1) is 11.3 Å². The number of fused-ring (bicyclic) bond motifs is 1. The van der Waals surface area contributed by atoms with Crippen LogP contribution in [0.25, 0.3) is 21.3 Å². The SMILES string of the molecule is COc1cccc(OCc2ccc(C(=O)Nc3c(C(N)=O)sc4nc(C(F)(F)F)cc(-c5ccccc5)c34)o2)c1. The summed E-state index contributed by atoms with van der Waals surface area (Å²) in [6.07, 6.45) is -4.74. The molecule has 0 fully saturated rings. The van der Waals surface area contributed by atoms with E-state index in [0.717, 1.165) is 6.07 Å². The predicted octanol–water partition coefficient (Wildman–Crippen LogP) is 6.51. The van der Waals surface area contributed by atoms with Crippen molar-refractivity contribution in [3.05, 3.63) is 94.9 Å². The zero-order valence-corrected chi connectivity index (χ0v) is 21.6. The number of amides is 2. The molecule has 2 aromatic carbocycles. The third-order valence-electron chi connectivity index (χ3n) is 5.81. The summed E-state index contributed by atoms with van der Waals surface area (Å²) in [6, 6.07) is 19.0. The third kappa shape index (κ3) is 5.47. The first-order valence-electron chi connectivity index (χ1n) is 11.7. The van der Waals surface area contributed by atoms with E-state index in [-0.39, 0.29) is 38.7 Å². The van der Waals surface area contributed by atoms with Crippen molar-refractivity contribution in [2.75, 3.05) is 12.4 Å². The van der Waals surface area contributed by atoms with Crippen LogP contribution < -0.4 is 20.5 Å². The van der Waals surface area contributed by atoms with Crippen LogP contribution >= 0.6 is 11.3 Å². The molecule has 0 aliphatic rings. The van der Waals surface area contributed by atoms with Gasteiger partial charge in [-0.05, 0) is 41.5 Å². The minimum atomic E-state index is -4.74. The fourth-order valence-corrected chi connectivity index (χ4v) is 4.99. The van der Waals surface area contributed by atoms with E-state index in [1.54, 1.807) is 60.7 Å². The number of nitrogens with two attached hydrogens (primary N) is 1. The molecule has 0 aliphatic heterocycles. The van der Waals surface area contributed by atoms with Crippen molar-refractivity contribution >= 4 is 39.1 Å². The second-order valence-electron chi connectivity index (χ2n) is 8.46. The Labute approximate surface area is 229 Å². The van der Waals surface area contributed by atoms with Crippen LogP contribution in [0.15, 0.2) is 77.2 Å². The molecule has 0 bridgehead atoms. The zero-order chi connectivity index (χ0) is 28.4. The van der Waals surface area contributed by atoms with E-state index in [4.69, 9.17) is 19.6 Å². The monoisotopic (exact) mass is 567 g/mol. The number of hydrogen-bond acceptors (Lipinski definition) is 7. The van der Waals surface area contributed by atoms with Gasteiger partial charge in [-0.1, -0.05) is 36.4 Å². The molecule has 0 radical (unpaired) electrons. The molecule has 0 atom stereocenters. The van der Waals surface area contributed by atoms with Gasteiger partial charge in [0.25, 0.3) is 11.8 Å². The van der Waals surface area contributed by atoms with Crippen LogP contribution in [0.4, 0.5) is 18.9 Å². The Morgan fingerprint density at radius 2 is 1.77 bits per heavy atom. The number of primary amides is 1. The van der Waals surface area contributed by atoms with E-state index in [1.165, 1.54) is 13.2 Å². The molecule has 0 saturated carbocycles. The summed E-state index contributed by atoms with van der Waals surface area (Å²) in [4.78, 5) is 28.9. The molecule has 40 heavy (non-hydrogen) atoms. The molecule has 5 rings (SSSR count). The maximum absolute atomic E-state index is 13.7. The molecule has 0 unspecified atom stereocenters. The van der Waals surface area contributed by atoms with Crippen molar-refractivity contribution in [2.24, 2.45) is 5.73 Å². The topological polar surface area (TPSA) is 117 Å². The van der Waals surface area contributed by atoms with E-state index in [0.29, 0.717) is 34.2 Å². The Hall–Kier alpha value is -4.84. The summed E-state index contributed by atoms with van der Waals surface area (Å²) >= 11 is 0.661. The number of carbonyl (C=O) groups excluding carboxylic acids is 2. The van der Waals surface area contributed by atoms with Crippen LogP contribution in [0.3, 0.4) is 0 Å². The number of hydrogen-bond donors (Lipinski definition) is 2. The minimum Gasteiger partial charge on any atom is -0.497 e. The normalized spacial score (nSPS) is 11.4. The van der Waals surface area contributed by atoms with Crippen LogP contribution in [0.5, 0.6) is 11.5 Å². The summed E-state index contributed by atoms with van der Waals surface area (Å²) in [7, 11) is 1.53. The predicted molar refractivity (Wildman–Crippen MR) is 143 cm³/mol. The van der Waals surface area contributed by atoms with E-state index in [1.807, 2.05) is 0 Å². The van der Waals surface area contributed by atoms with Gasteiger partial charge in [0.2, 0.25) is 0 Å². The number of nitrogens with zero attached hydrogens (tertiary/aromatic N) is 1. The number of pyridine rings is 1. The van der Waals surface area contributed by atoms with Gasteiger partial charge in [-0.25, -0.2) is 4.98 Å². The second-order valence-corrected chi connectivity index (χ2v) is 9.46. The number of nitrogens with one attached hydrogen (secondary N) is 1. The molecule has 3 heterocycles. The number of thiophene rings is 1. The van der Waals surface area contributed by atoms with Crippen molar-refractivity contribution in [1.82, 2.24) is 4.98 Å². The maximum atomic E-state index is 13.7. The first-order chi connectivity index (χ1) is 19.1. The highest BCUT2D eigenvalue weighted by atomic mass is 32.1. The number of ether oxygens (including phenoxy) is 2. The Kier molecular flexibility index (Phi) is 7.18. The molecule has 12 heteroatoms. The number of anilines is 1. The van der Waals surface area contributed by atoms with Crippen molar-refractivity contribution in [3.8, 4) is 22.6 Å². The summed E-state index contributed by atoms with van der Waals surface area (Å²) in [5, 5.41) is 2.75. The molecule has 3 N–H and O–H groups in total. The number of aromatic nitrogens is 1. The van der Waals surface area contributed by atoms with E-state index < -0.39 is 23.7 Å². The number of alkyl halides is 3. The standard InChI is InChI=1S/C28H20F3N3O5S/c1-37-16-8-5-9-17(12-16)38-14-18-10-11-20(39-18)26(36)34-23-22-19(15-6-3-2-4-7-15)13-21(28(29,30)31)33-27(22)40-24(23)25(32)35/h2-13H,14H2,1H3,(H2,32,35)(H,34,36). The van der Waals surface area contributed by atoms with Gasteiger partial charge in [0.05, 0.1) is 12.8 Å². The average molecular weight is 568 g/mol. The van der Waals surface area contributed by atoms with Crippen LogP contribution in [-0.2, 0) is 12.8 Å². The van der Waals surface area contributed by atoms with E-state index in [9.17, 15) is 22.8 Å². The van der Waals surface area contributed by atoms with Gasteiger partial charge in [0, 0.05) is 11.5 Å². The first kappa shape index (κ1) is 26.8. The summed E-state index contributed by atoms with van der Waals surface area (Å²) in [6.45, 7) is 0.0106. The molecule has 0 saturated heterocycles. The molecule has 0 aliphatic carbocycles. The Morgan fingerprint density at radius 1 is 1.02 bits per heavy atom. The van der Waals surface area contributed by atoms with Gasteiger partial charge in [-0.2, -0.15) is 13.2 Å². The minimum absolute atomic E-state index is 0.0106. The van der Waals surface area contributed by atoms with Crippen molar-refractivity contribution < 1.29 is 36.7 Å². The van der Waals surface area contributed by atoms with Gasteiger partial charge in [0.1, 0.15) is 39.3 Å². The van der Waals surface area contributed by atoms with Gasteiger partial charge in [0.15, 0.2) is 5.76 Å². The number of halogens is 3. The quantitative estimate of drug-likeness (QED) is 0.221. The lowest BCUT2D eigenvalue weighted by atomic mass is 10.0. The van der Waals surface area contributed by atoms with Crippen LogP contribution in [-0.4, -0.2) is 23.9 Å². The molecule has 5 aromatic rings.